The fraction of sp³-hybridized carbons (Fsp3) is 0.455. The van der Waals surface area contributed by atoms with Crippen LogP contribution in [0.3, 0.4) is 0 Å². The van der Waals surface area contributed by atoms with E-state index in [9.17, 15) is 0 Å². The van der Waals surface area contributed by atoms with Gasteiger partial charge in [0.05, 0.1) is 0 Å². The van der Waals surface area contributed by atoms with Gasteiger partial charge in [-0.05, 0) is 47.1 Å². The molecule has 14 heavy (non-hydrogen) atoms. The number of hydrogen-bond donors (Lipinski definition) is 1. The molecule has 0 atom stereocenters. The maximum Gasteiger partial charge on any atom is 0.0420 e. The smallest absolute Gasteiger partial charge is 0.0420 e. The first-order valence-corrected chi connectivity index (χ1v) is 5.84. The van der Waals surface area contributed by atoms with Gasteiger partial charge in [0.2, 0.25) is 0 Å². The maximum absolute atomic E-state index is 6.38. The number of rotatable bonds is 1. The summed E-state index contributed by atoms with van der Waals surface area (Å²) in [6, 6.07) is 8.48. The van der Waals surface area contributed by atoms with Crippen molar-refractivity contribution in [3.05, 3.63) is 33.4 Å². The average molecular weight is 324 g/mol. The van der Waals surface area contributed by atoms with Gasteiger partial charge in [0.15, 0.2) is 0 Å². The molecular formula is C11H15ClIN. The maximum atomic E-state index is 6.38. The van der Waals surface area contributed by atoms with Crippen molar-refractivity contribution in [2.75, 3.05) is 0 Å². The molecule has 3 heteroatoms. The van der Waals surface area contributed by atoms with Gasteiger partial charge >= 0.3 is 0 Å². The van der Waals surface area contributed by atoms with Crippen molar-refractivity contribution < 1.29 is 0 Å². The summed E-state index contributed by atoms with van der Waals surface area (Å²) >= 11 is 2.38. The van der Waals surface area contributed by atoms with Gasteiger partial charge in [-0.3, -0.25) is 0 Å². The van der Waals surface area contributed by atoms with Crippen LogP contribution in [0, 0.1) is 3.57 Å². The predicted molar refractivity (Wildman–Crippen MR) is 70.7 cm³/mol. The van der Waals surface area contributed by atoms with E-state index >= 15 is 0 Å². The Morgan fingerprint density at radius 2 is 1.71 bits per heavy atom. The van der Waals surface area contributed by atoms with Crippen LogP contribution in [0.1, 0.15) is 31.2 Å². The van der Waals surface area contributed by atoms with E-state index in [1.807, 2.05) is 0 Å². The Balaban J connectivity index is 0.000000980. The third kappa shape index (κ3) is 2.23. The summed E-state index contributed by atoms with van der Waals surface area (Å²) in [6.45, 7) is 0. The van der Waals surface area contributed by atoms with Gasteiger partial charge in [-0.2, -0.15) is 0 Å². The van der Waals surface area contributed by atoms with Crippen molar-refractivity contribution in [1.29, 1.82) is 0 Å². The van der Waals surface area contributed by atoms with Crippen LogP contribution in [0.5, 0.6) is 0 Å². The molecule has 0 amide bonds. The largest absolute Gasteiger partial charge is 0.321 e. The number of halogens is 2. The molecule has 2 N–H and O–H groups in total. The first-order valence-electron chi connectivity index (χ1n) is 4.76. The zero-order valence-electron chi connectivity index (χ0n) is 8.00. The monoisotopic (exact) mass is 323 g/mol. The molecule has 0 aromatic heterocycles. The summed E-state index contributed by atoms with van der Waals surface area (Å²) in [6.07, 6.45) is 4.85. The summed E-state index contributed by atoms with van der Waals surface area (Å²) in [5.74, 6) is 0. The quantitative estimate of drug-likeness (QED) is 0.787. The van der Waals surface area contributed by atoms with Crippen molar-refractivity contribution in [1.82, 2.24) is 0 Å². The van der Waals surface area contributed by atoms with Crippen LogP contribution in [0.4, 0.5) is 0 Å². The molecule has 0 bridgehead atoms. The van der Waals surface area contributed by atoms with E-state index in [1.165, 1.54) is 22.0 Å². The highest BCUT2D eigenvalue weighted by molar-refractivity contribution is 14.1. The first kappa shape index (κ1) is 12.3. The number of nitrogens with two attached hydrogens (primary N) is 1. The second kappa shape index (κ2) is 4.81. The highest BCUT2D eigenvalue weighted by Gasteiger charge is 2.32. The zero-order chi connectivity index (χ0) is 9.31. The molecule has 1 aliphatic carbocycles. The van der Waals surface area contributed by atoms with E-state index in [1.54, 1.807) is 0 Å². The summed E-state index contributed by atoms with van der Waals surface area (Å²) in [7, 11) is 0. The fourth-order valence-electron chi connectivity index (χ4n) is 2.14. The van der Waals surface area contributed by atoms with Crippen molar-refractivity contribution in [3.8, 4) is 0 Å². The molecule has 0 spiro atoms. The van der Waals surface area contributed by atoms with Crippen molar-refractivity contribution in [3.63, 3.8) is 0 Å². The topological polar surface area (TPSA) is 26.0 Å². The van der Waals surface area contributed by atoms with Crippen LogP contribution in [0.15, 0.2) is 24.3 Å². The van der Waals surface area contributed by atoms with Crippen LogP contribution >= 0.6 is 35.0 Å². The average Bonchev–Trinajstić information content (AvgIpc) is 2.54. The van der Waals surface area contributed by atoms with Crippen molar-refractivity contribution >= 4 is 35.0 Å². The lowest BCUT2D eigenvalue weighted by atomic mass is 9.90. The second-order valence-corrected chi connectivity index (χ2v) is 5.01. The van der Waals surface area contributed by atoms with Crippen molar-refractivity contribution in [2.24, 2.45) is 5.73 Å². The highest BCUT2D eigenvalue weighted by atomic mass is 127. The lowest BCUT2D eigenvalue weighted by Gasteiger charge is -2.25. The van der Waals surface area contributed by atoms with Crippen LogP contribution < -0.4 is 5.73 Å². The molecule has 1 aliphatic rings. The molecule has 1 aromatic carbocycles. The molecule has 0 saturated heterocycles. The summed E-state index contributed by atoms with van der Waals surface area (Å²) < 4.78 is 1.31. The van der Waals surface area contributed by atoms with E-state index in [-0.39, 0.29) is 17.9 Å². The molecule has 0 radical (unpaired) electrons. The number of benzene rings is 1. The molecule has 2 rings (SSSR count). The summed E-state index contributed by atoms with van der Waals surface area (Å²) in [4.78, 5) is 0. The highest BCUT2D eigenvalue weighted by Crippen LogP contribution is 2.37. The van der Waals surface area contributed by atoms with Gasteiger partial charge in [0, 0.05) is 9.11 Å². The van der Waals surface area contributed by atoms with E-state index in [0.717, 1.165) is 12.8 Å². The minimum Gasteiger partial charge on any atom is -0.321 e. The van der Waals surface area contributed by atoms with E-state index in [4.69, 9.17) is 5.73 Å². The Labute approximate surface area is 105 Å². The van der Waals surface area contributed by atoms with Crippen LogP contribution in [-0.2, 0) is 5.54 Å². The normalized spacial score (nSPS) is 19.0. The molecule has 1 fully saturated rings. The predicted octanol–water partition coefficient (Wildman–Crippen LogP) is 3.44. The second-order valence-electron chi connectivity index (χ2n) is 3.84. The van der Waals surface area contributed by atoms with Gasteiger partial charge in [-0.15, -0.1) is 12.4 Å². The van der Waals surface area contributed by atoms with Crippen LogP contribution in [0.25, 0.3) is 0 Å². The molecular weight excluding hydrogens is 308 g/mol. The minimum atomic E-state index is -0.0300. The Kier molecular flexibility index (Phi) is 4.22. The summed E-state index contributed by atoms with van der Waals surface area (Å²) in [5, 5.41) is 0. The lowest BCUT2D eigenvalue weighted by molar-refractivity contribution is 0.459. The van der Waals surface area contributed by atoms with Gasteiger partial charge in [-0.25, -0.2) is 0 Å². The van der Waals surface area contributed by atoms with E-state index in [0.29, 0.717) is 0 Å². The Morgan fingerprint density at radius 1 is 1.14 bits per heavy atom. The molecule has 78 valence electrons. The SMILES string of the molecule is Cl.NC1(c2ccccc2I)CCCC1. The first-order chi connectivity index (χ1) is 6.22. The van der Waals surface area contributed by atoms with Crippen LogP contribution in [-0.4, -0.2) is 0 Å². The molecule has 1 aromatic rings. The molecule has 0 unspecified atom stereocenters. The molecule has 1 nitrogen and oxygen atoms in total. The third-order valence-electron chi connectivity index (χ3n) is 2.91. The molecule has 1 saturated carbocycles. The van der Waals surface area contributed by atoms with Gasteiger partial charge in [0.1, 0.15) is 0 Å². The lowest BCUT2D eigenvalue weighted by Crippen LogP contribution is -2.33. The fourth-order valence-corrected chi connectivity index (χ4v) is 3.06. The van der Waals surface area contributed by atoms with E-state index < -0.39 is 0 Å². The van der Waals surface area contributed by atoms with E-state index in [2.05, 4.69) is 46.9 Å². The Hall–Kier alpha value is 0.200. The van der Waals surface area contributed by atoms with Gasteiger partial charge in [-0.1, -0.05) is 31.0 Å². The van der Waals surface area contributed by atoms with Gasteiger partial charge < -0.3 is 5.73 Å². The minimum absolute atomic E-state index is 0. The molecule has 0 aliphatic heterocycles. The standard InChI is InChI=1S/C11H14IN.ClH/c12-10-6-2-1-5-9(10)11(13)7-3-4-8-11;/h1-2,5-6H,3-4,7-8,13H2;1H. The molecule has 0 heterocycles. The zero-order valence-corrected chi connectivity index (χ0v) is 11.0. The summed E-state index contributed by atoms with van der Waals surface area (Å²) in [5.41, 5.74) is 7.69. The third-order valence-corrected chi connectivity index (χ3v) is 3.85. The van der Waals surface area contributed by atoms with Crippen molar-refractivity contribution in [2.45, 2.75) is 31.2 Å². The number of hydrogen-bond acceptors (Lipinski definition) is 1. The van der Waals surface area contributed by atoms with Gasteiger partial charge in [0.25, 0.3) is 0 Å². The Morgan fingerprint density at radius 3 is 2.29 bits per heavy atom. The van der Waals surface area contributed by atoms with Crippen LogP contribution in [0.2, 0.25) is 0 Å². The Bertz CT molecular complexity index is 308.